The third-order valence-corrected chi connectivity index (χ3v) is 5.23. The Morgan fingerprint density at radius 1 is 1.17 bits per heavy atom. The molecule has 1 aliphatic carbocycles. The predicted molar refractivity (Wildman–Crippen MR) is 119 cm³/mol. The number of benzene rings is 1. The van der Waals surface area contributed by atoms with E-state index in [9.17, 15) is 10.1 Å². The third-order valence-electron chi connectivity index (χ3n) is 5.23. The molecule has 0 aliphatic heterocycles. The zero-order valence-corrected chi connectivity index (χ0v) is 18.0. The molecule has 0 amide bonds. The summed E-state index contributed by atoms with van der Waals surface area (Å²) >= 11 is 0. The van der Waals surface area contributed by atoms with Crippen molar-refractivity contribution in [1.29, 1.82) is 5.26 Å². The summed E-state index contributed by atoms with van der Waals surface area (Å²) in [5.41, 5.74) is 6.18. The second kappa shape index (κ2) is 11.2. The van der Waals surface area contributed by atoms with Crippen LogP contribution in [0.5, 0.6) is 0 Å². The number of hydrogen-bond donors (Lipinski definition) is 0. The van der Waals surface area contributed by atoms with E-state index < -0.39 is 5.97 Å². The molecule has 0 fully saturated rings. The highest BCUT2D eigenvalue weighted by atomic mass is 16.5. The fourth-order valence-electron chi connectivity index (χ4n) is 3.30. The van der Waals surface area contributed by atoms with Crippen molar-refractivity contribution in [3.05, 3.63) is 75.9 Å². The lowest BCUT2D eigenvalue weighted by molar-refractivity contribution is -0.137. The van der Waals surface area contributed by atoms with Crippen LogP contribution in [0.4, 0.5) is 0 Å². The van der Waals surface area contributed by atoms with Crippen LogP contribution in [0.2, 0.25) is 0 Å². The normalized spacial score (nSPS) is 15.1. The Kier molecular flexibility index (Phi) is 8.68. The van der Waals surface area contributed by atoms with Gasteiger partial charge in [-0.2, -0.15) is 5.26 Å². The van der Waals surface area contributed by atoms with Crippen molar-refractivity contribution >= 4 is 11.5 Å². The lowest BCUT2D eigenvalue weighted by atomic mass is 9.86. The number of aryl methyl sites for hydroxylation is 1. The van der Waals surface area contributed by atoms with Crippen molar-refractivity contribution in [1.82, 2.24) is 0 Å². The van der Waals surface area contributed by atoms with Crippen LogP contribution in [0.1, 0.15) is 64.0 Å². The molecule has 0 saturated carbocycles. The number of esters is 1. The van der Waals surface area contributed by atoms with Crippen molar-refractivity contribution in [2.45, 2.75) is 59.8 Å². The fraction of sp³-hybridized carbons (Fsp3) is 0.385. The van der Waals surface area contributed by atoms with Gasteiger partial charge in [-0.05, 0) is 63.2 Å². The molecule has 0 bridgehead atoms. The molecule has 2 rings (SSSR count). The van der Waals surface area contributed by atoms with Gasteiger partial charge in [-0.25, -0.2) is 4.79 Å². The summed E-state index contributed by atoms with van der Waals surface area (Å²) in [6.45, 7) is 8.45. The number of hydrogen-bond acceptors (Lipinski definition) is 3. The highest BCUT2D eigenvalue weighted by Crippen LogP contribution is 2.33. The molecule has 0 aromatic heterocycles. The van der Waals surface area contributed by atoms with Crippen molar-refractivity contribution in [2.24, 2.45) is 0 Å². The fourth-order valence-corrected chi connectivity index (χ4v) is 3.30. The first-order valence-corrected chi connectivity index (χ1v) is 10.4. The molecule has 3 nitrogen and oxygen atoms in total. The van der Waals surface area contributed by atoms with Crippen LogP contribution in [-0.4, -0.2) is 12.6 Å². The van der Waals surface area contributed by atoms with E-state index in [1.807, 2.05) is 50.3 Å². The number of unbranched alkanes of at least 4 members (excludes halogenated alkanes) is 1. The summed E-state index contributed by atoms with van der Waals surface area (Å²) < 4.78 is 5.55. The van der Waals surface area contributed by atoms with E-state index in [2.05, 4.69) is 26.0 Å². The van der Waals surface area contributed by atoms with Gasteiger partial charge in [-0.3, -0.25) is 0 Å². The van der Waals surface area contributed by atoms with Gasteiger partial charge in [0.1, 0.15) is 18.2 Å². The Morgan fingerprint density at radius 2 is 1.90 bits per heavy atom. The smallest absolute Gasteiger partial charge is 0.349 e. The van der Waals surface area contributed by atoms with Gasteiger partial charge in [-0.15, -0.1) is 0 Å². The minimum Gasteiger partial charge on any atom is -0.457 e. The maximum atomic E-state index is 12.9. The molecule has 0 radical (unpaired) electrons. The minimum atomic E-state index is -0.550. The molecule has 0 heterocycles. The zero-order valence-electron chi connectivity index (χ0n) is 18.0. The maximum Gasteiger partial charge on any atom is 0.349 e. The third kappa shape index (κ3) is 6.32. The molecule has 0 unspecified atom stereocenters. The molecule has 1 aliphatic rings. The van der Waals surface area contributed by atoms with Gasteiger partial charge >= 0.3 is 5.97 Å². The van der Waals surface area contributed by atoms with E-state index >= 15 is 0 Å². The predicted octanol–water partition coefficient (Wildman–Crippen LogP) is 6.62. The van der Waals surface area contributed by atoms with Crippen LogP contribution in [0.15, 0.2) is 64.8 Å². The second-order valence-electron chi connectivity index (χ2n) is 7.56. The van der Waals surface area contributed by atoms with Gasteiger partial charge in [0, 0.05) is 5.57 Å². The van der Waals surface area contributed by atoms with Gasteiger partial charge in [0.15, 0.2) is 0 Å². The Labute approximate surface area is 175 Å². The van der Waals surface area contributed by atoms with Gasteiger partial charge in [0.25, 0.3) is 0 Å². The quantitative estimate of drug-likeness (QED) is 0.217. The molecule has 152 valence electrons. The van der Waals surface area contributed by atoms with Gasteiger partial charge < -0.3 is 4.74 Å². The standard InChI is InChI=1S/C26H31NO2/c1-5-7-8-21(6-2)18-29-26(28)24(17-27)25(22-13-9-19(3)10-14-22)23-15-11-20(4)12-16-23/h6,9-11,13-15H,5,7-8,12,16,18H2,1-4H3/b21-6+,25-24-. The molecule has 0 spiro atoms. The van der Waals surface area contributed by atoms with E-state index in [0.29, 0.717) is 5.57 Å². The van der Waals surface area contributed by atoms with E-state index in [-0.39, 0.29) is 12.2 Å². The van der Waals surface area contributed by atoms with E-state index in [1.165, 1.54) is 5.57 Å². The van der Waals surface area contributed by atoms with Crippen molar-refractivity contribution in [3.63, 3.8) is 0 Å². The number of nitrogens with zero attached hydrogens (tertiary/aromatic N) is 1. The average Bonchev–Trinajstić information content (AvgIpc) is 2.73. The molecule has 1 aromatic rings. The Balaban J connectivity index is 2.40. The second-order valence-corrected chi connectivity index (χ2v) is 7.56. The summed E-state index contributed by atoms with van der Waals surface area (Å²) in [5, 5.41) is 9.86. The summed E-state index contributed by atoms with van der Waals surface area (Å²) in [5.74, 6) is -0.550. The number of carbonyl (C=O) groups excluding carboxylic acids is 1. The van der Waals surface area contributed by atoms with Crippen LogP contribution in [0.25, 0.3) is 5.57 Å². The highest BCUT2D eigenvalue weighted by Gasteiger charge is 2.22. The largest absolute Gasteiger partial charge is 0.457 e. The Morgan fingerprint density at radius 3 is 2.45 bits per heavy atom. The highest BCUT2D eigenvalue weighted by molar-refractivity contribution is 6.05. The van der Waals surface area contributed by atoms with Crippen molar-refractivity contribution < 1.29 is 9.53 Å². The first kappa shape index (κ1) is 22.4. The average molecular weight is 390 g/mol. The summed E-state index contributed by atoms with van der Waals surface area (Å²) in [7, 11) is 0. The van der Waals surface area contributed by atoms with E-state index in [1.54, 1.807) is 0 Å². The Bertz CT molecular complexity index is 890. The number of nitriles is 1. The molecular weight excluding hydrogens is 358 g/mol. The van der Waals surface area contributed by atoms with Gasteiger partial charge in [0.2, 0.25) is 0 Å². The van der Waals surface area contributed by atoms with Crippen molar-refractivity contribution in [3.8, 4) is 6.07 Å². The number of ether oxygens (including phenoxy) is 1. The molecular formula is C26H31NO2. The van der Waals surface area contributed by atoms with Crippen LogP contribution >= 0.6 is 0 Å². The molecule has 3 heteroatoms. The molecule has 0 N–H and O–H groups in total. The van der Waals surface area contributed by atoms with Gasteiger partial charge in [0.05, 0.1) is 0 Å². The number of rotatable bonds is 8. The topological polar surface area (TPSA) is 50.1 Å². The molecule has 0 saturated heterocycles. The maximum absolute atomic E-state index is 12.9. The minimum absolute atomic E-state index is 0.0824. The lowest BCUT2D eigenvalue weighted by Gasteiger charge is -2.18. The van der Waals surface area contributed by atoms with Crippen LogP contribution in [0.3, 0.4) is 0 Å². The van der Waals surface area contributed by atoms with Crippen LogP contribution in [0, 0.1) is 18.3 Å². The van der Waals surface area contributed by atoms with E-state index in [4.69, 9.17) is 4.74 Å². The summed E-state index contributed by atoms with van der Waals surface area (Å²) in [6, 6.07) is 10.1. The summed E-state index contributed by atoms with van der Waals surface area (Å²) in [4.78, 5) is 12.9. The monoisotopic (exact) mass is 389 g/mol. The zero-order chi connectivity index (χ0) is 21.2. The van der Waals surface area contributed by atoms with Crippen LogP contribution < -0.4 is 0 Å². The van der Waals surface area contributed by atoms with Crippen molar-refractivity contribution in [2.75, 3.05) is 6.61 Å². The van der Waals surface area contributed by atoms with Crippen LogP contribution in [-0.2, 0) is 9.53 Å². The SMILES string of the molecule is C/C=C(\CCCC)COC(=O)/C(C#N)=C(\C1=CC=C(C)CC1)c1ccc(C)cc1. The number of carbonyl (C=O) groups is 1. The molecule has 0 atom stereocenters. The number of allylic oxidation sites excluding steroid dienone is 6. The first-order valence-electron chi connectivity index (χ1n) is 10.4. The first-order chi connectivity index (χ1) is 14.0. The summed E-state index contributed by atoms with van der Waals surface area (Å²) in [6.07, 6.45) is 10.9. The molecule has 29 heavy (non-hydrogen) atoms. The molecule has 1 aromatic carbocycles. The lowest BCUT2D eigenvalue weighted by Crippen LogP contribution is -2.13. The van der Waals surface area contributed by atoms with E-state index in [0.717, 1.165) is 54.4 Å². The van der Waals surface area contributed by atoms with Gasteiger partial charge in [-0.1, -0.05) is 67.0 Å². The Hall–Kier alpha value is -2.86.